The van der Waals surface area contributed by atoms with Crippen LogP contribution in [0.4, 0.5) is 0 Å². The van der Waals surface area contributed by atoms with Crippen molar-refractivity contribution in [3.8, 4) is 0 Å². The molecular weight excluding hydrogens is 563 g/mol. The van der Waals surface area contributed by atoms with Gasteiger partial charge in [-0.2, -0.15) is 0 Å². The van der Waals surface area contributed by atoms with Crippen LogP contribution in [0.15, 0.2) is 135 Å². The molecule has 4 aromatic rings. The molecule has 6 rings (SSSR count). The molecule has 0 bridgehead atoms. The molecule has 0 spiro atoms. The van der Waals surface area contributed by atoms with Gasteiger partial charge in [0.15, 0.2) is 0 Å². The van der Waals surface area contributed by atoms with Crippen molar-refractivity contribution in [1.82, 2.24) is 0 Å². The molecule has 0 aromatic heterocycles. The Kier molecular flexibility index (Phi) is 6.24. The van der Waals surface area contributed by atoms with Gasteiger partial charge in [-0.15, -0.1) is 13.2 Å². The monoisotopic (exact) mass is 592 g/mol. The van der Waals surface area contributed by atoms with Crippen molar-refractivity contribution in [2.45, 2.75) is 7.35 Å². The fourth-order valence-corrected chi connectivity index (χ4v) is 27.2. The molecule has 2 atom stereocenters. The van der Waals surface area contributed by atoms with E-state index in [4.69, 9.17) is 0 Å². The third-order valence-corrected chi connectivity index (χ3v) is 27.0. The quantitative estimate of drug-likeness (QED) is 0.175. The molecule has 0 aliphatic heterocycles. The van der Waals surface area contributed by atoms with Crippen LogP contribution in [-0.4, -0.2) is 0 Å². The molecule has 33 heavy (non-hydrogen) atoms. The summed E-state index contributed by atoms with van der Waals surface area (Å²) in [6.07, 6.45) is 9.79. The van der Waals surface area contributed by atoms with E-state index >= 15 is 0 Å². The molecule has 0 fully saturated rings. The van der Waals surface area contributed by atoms with Crippen LogP contribution in [0.1, 0.15) is 29.6 Å². The minimum Gasteiger partial charge on any atom is -0.106 e. The van der Waals surface area contributed by atoms with E-state index in [9.17, 15) is 0 Å². The first kappa shape index (κ1) is 21.8. The standard InChI is InChI=1S/2C9H7.2C6H5.C2H4.Hf/c2*1-2-5-9-7-3-6-8(9)4-1;2*1-2-4-6-5-3-1;1-2;/h2*1-7H;2*1-5H;1-2H2;. The first-order valence-corrected chi connectivity index (χ1v) is 19.3. The fraction of sp³-hybridized carbons (Fsp3) is 0.0625. The van der Waals surface area contributed by atoms with Gasteiger partial charge in [-0.3, -0.25) is 0 Å². The van der Waals surface area contributed by atoms with E-state index in [2.05, 4.69) is 147 Å². The Morgan fingerprint density at radius 1 is 0.455 bits per heavy atom. The average Bonchev–Trinajstić information content (AvgIpc) is 3.53. The second-order valence-corrected chi connectivity index (χ2v) is 23.4. The summed E-state index contributed by atoms with van der Waals surface area (Å²) >= 11 is -3.63. The Hall–Kier alpha value is -3.03. The maximum atomic E-state index is 3.00. The van der Waals surface area contributed by atoms with Gasteiger partial charge in [-0.25, -0.2) is 0 Å². The van der Waals surface area contributed by atoms with Gasteiger partial charge < -0.3 is 0 Å². The van der Waals surface area contributed by atoms with Crippen molar-refractivity contribution in [3.05, 3.63) is 157 Å². The van der Waals surface area contributed by atoms with Crippen LogP contribution in [0.25, 0.3) is 12.2 Å². The second-order valence-electron chi connectivity index (χ2n) is 8.53. The van der Waals surface area contributed by atoms with Crippen molar-refractivity contribution in [2.24, 2.45) is 0 Å². The van der Waals surface area contributed by atoms with Crippen molar-refractivity contribution >= 4 is 18.8 Å². The molecule has 0 N–H and O–H groups in total. The predicted octanol–water partition coefficient (Wildman–Crippen LogP) is 7.13. The van der Waals surface area contributed by atoms with Crippen LogP contribution in [0.5, 0.6) is 0 Å². The smallest absolute Gasteiger partial charge is 0.106 e. The summed E-state index contributed by atoms with van der Waals surface area (Å²) in [5.41, 5.74) is 5.79. The SMILES string of the molecule is C1=C[CH]([Hf]([c]2ccccc2)([c]2ccccc2)[CH]2C=Cc3ccccc32)c2ccccc21.C=C. The van der Waals surface area contributed by atoms with E-state index in [0.29, 0.717) is 7.35 Å². The van der Waals surface area contributed by atoms with E-state index in [0.717, 1.165) is 0 Å². The third kappa shape index (κ3) is 3.56. The van der Waals surface area contributed by atoms with E-state index in [-0.39, 0.29) is 0 Å². The van der Waals surface area contributed by atoms with Gasteiger partial charge >= 0.3 is 190 Å². The van der Waals surface area contributed by atoms with Crippen LogP contribution < -0.4 is 6.64 Å². The topological polar surface area (TPSA) is 0 Å². The molecule has 0 radical (unpaired) electrons. The van der Waals surface area contributed by atoms with Gasteiger partial charge in [-0.05, 0) is 0 Å². The number of hydrogen-bond acceptors (Lipinski definition) is 0. The first-order chi connectivity index (χ1) is 16.4. The summed E-state index contributed by atoms with van der Waals surface area (Å²) in [6.45, 7) is 6.00. The van der Waals surface area contributed by atoms with E-state index in [1.54, 1.807) is 6.64 Å². The van der Waals surface area contributed by atoms with E-state index < -0.39 is 20.0 Å². The molecule has 0 amide bonds. The molecular formula is C32H28Hf. The van der Waals surface area contributed by atoms with Crippen LogP contribution in [0.2, 0.25) is 0 Å². The maximum absolute atomic E-state index is 3.63. The fourth-order valence-electron chi connectivity index (χ4n) is 5.80. The average molecular weight is 591 g/mol. The van der Waals surface area contributed by atoms with Gasteiger partial charge in [0.2, 0.25) is 0 Å². The third-order valence-electron chi connectivity index (χ3n) is 7.08. The van der Waals surface area contributed by atoms with Crippen LogP contribution in [-0.2, 0) is 20.0 Å². The summed E-state index contributed by atoms with van der Waals surface area (Å²) in [5.74, 6) is 0. The Balaban J connectivity index is 0.00000111. The zero-order valence-electron chi connectivity index (χ0n) is 18.8. The van der Waals surface area contributed by atoms with Gasteiger partial charge in [0.05, 0.1) is 0 Å². The van der Waals surface area contributed by atoms with Crippen molar-refractivity contribution < 1.29 is 20.0 Å². The molecule has 0 nitrogen and oxygen atoms in total. The van der Waals surface area contributed by atoms with Crippen LogP contribution in [0, 0.1) is 0 Å². The molecule has 4 aromatic carbocycles. The Bertz CT molecular complexity index is 1200. The van der Waals surface area contributed by atoms with Gasteiger partial charge in [0.1, 0.15) is 0 Å². The number of fused-ring (bicyclic) bond motifs is 2. The molecule has 2 aliphatic rings. The maximum Gasteiger partial charge on any atom is -0.106 e. The van der Waals surface area contributed by atoms with E-state index in [1.807, 2.05) is 0 Å². The van der Waals surface area contributed by atoms with Crippen LogP contribution in [0.3, 0.4) is 0 Å². The van der Waals surface area contributed by atoms with Gasteiger partial charge in [0.25, 0.3) is 0 Å². The van der Waals surface area contributed by atoms with Gasteiger partial charge in [-0.1, -0.05) is 0 Å². The minimum absolute atomic E-state index is 0.467. The second kappa shape index (κ2) is 9.45. The number of benzene rings is 4. The number of rotatable bonds is 4. The van der Waals surface area contributed by atoms with Crippen molar-refractivity contribution in [2.75, 3.05) is 0 Å². The number of hydrogen-bond donors (Lipinski definition) is 0. The summed E-state index contributed by atoms with van der Waals surface area (Å²) in [4.78, 5) is 0. The Morgan fingerprint density at radius 2 is 0.818 bits per heavy atom. The minimum atomic E-state index is -3.63. The largest absolute Gasteiger partial charge is 0.106 e. The molecule has 0 heterocycles. The van der Waals surface area contributed by atoms with E-state index in [1.165, 1.54) is 22.3 Å². The zero-order valence-corrected chi connectivity index (χ0v) is 22.4. The molecule has 2 unspecified atom stereocenters. The first-order valence-electron chi connectivity index (χ1n) is 11.5. The van der Waals surface area contributed by atoms with Crippen molar-refractivity contribution in [1.29, 1.82) is 0 Å². The summed E-state index contributed by atoms with van der Waals surface area (Å²) in [5, 5.41) is 0. The molecule has 2 aliphatic carbocycles. The zero-order chi connectivity index (χ0) is 22.7. The van der Waals surface area contributed by atoms with Crippen molar-refractivity contribution in [3.63, 3.8) is 0 Å². The summed E-state index contributed by atoms with van der Waals surface area (Å²) in [6, 6.07) is 41.0. The Labute approximate surface area is 202 Å². The summed E-state index contributed by atoms with van der Waals surface area (Å²) < 4.78 is 4.10. The molecule has 1 heteroatoms. The predicted molar refractivity (Wildman–Crippen MR) is 140 cm³/mol. The number of allylic oxidation sites excluding steroid dienone is 2. The van der Waals surface area contributed by atoms with Crippen LogP contribution >= 0.6 is 0 Å². The Morgan fingerprint density at radius 3 is 1.24 bits per heavy atom. The molecule has 160 valence electrons. The normalized spacial score (nSPS) is 17.7. The molecule has 0 saturated carbocycles. The van der Waals surface area contributed by atoms with Gasteiger partial charge in [0, 0.05) is 0 Å². The molecule has 0 saturated heterocycles. The summed E-state index contributed by atoms with van der Waals surface area (Å²) in [7, 11) is 0.